The van der Waals surface area contributed by atoms with E-state index in [0.717, 1.165) is 59.3 Å². The van der Waals surface area contributed by atoms with E-state index in [9.17, 15) is 4.79 Å². The van der Waals surface area contributed by atoms with Gasteiger partial charge in [0.05, 0.1) is 23.1 Å². The molecule has 2 aromatic carbocycles. The van der Waals surface area contributed by atoms with Crippen molar-refractivity contribution in [2.24, 2.45) is 0 Å². The highest BCUT2D eigenvalue weighted by Gasteiger charge is 2.22. The number of hydrogen-bond acceptors (Lipinski definition) is 5. The summed E-state index contributed by atoms with van der Waals surface area (Å²) in [6.45, 7) is 5.21. The van der Waals surface area contributed by atoms with Gasteiger partial charge in [0.1, 0.15) is 5.01 Å². The molecule has 7 heteroatoms. The minimum atomic E-state index is 0.146. The summed E-state index contributed by atoms with van der Waals surface area (Å²) in [5.74, 6) is 1.03. The molecule has 0 spiro atoms. The molecule has 0 aliphatic carbocycles. The second kappa shape index (κ2) is 8.51. The van der Waals surface area contributed by atoms with Crippen molar-refractivity contribution < 1.29 is 4.79 Å². The number of carbonyl (C=O) groups excluding carboxylic acids is 1. The lowest BCUT2D eigenvalue weighted by Crippen LogP contribution is -2.36. The van der Waals surface area contributed by atoms with E-state index in [1.54, 1.807) is 11.3 Å². The molecule has 1 aliphatic heterocycles. The predicted molar refractivity (Wildman–Crippen MR) is 125 cm³/mol. The molecule has 31 heavy (non-hydrogen) atoms. The third kappa shape index (κ3) is 4.32. The molecule has 1 amide bonds. The number of H-pyrrole nitrogens is 1. The minimum absolute atomic E-state index is 0.146. The minimum Gasteiger partial charge on any atom is -0.341 e. The molecule has 0 saturated carbocycles. The first-order valence-electron chi connectivity index (χ1n) is 10.6. The summed E-state index contributed by atoms with van der Waals surface area (Å²) in [6.07, 6.45) is 1.28. The lowest BCUT2D eigenvalue weighted by Gasteiger charge is -2.21. The summed E-state index contributed by atoms with van der Waals surface area (Å²) < 4.78 is 0. The molecule has 1 fully saturated rings. The average Bonchev–Trinajstić information content (AvgIpc) is 3.34. The van der Waals surface area contributed by atoms with Crippen molar-refractivity contribution >= 4 is 34.2 Å². The average molecular weight is 432 g/mol. The molecule has 0 unspecified atom stereocenters. The van der Waals surface area contributed by atoms with Crippen LogP contribution in [0, 0.1) is 6.92 Å². The highest BCUT2D eigenvalue weighted by molar-refractivity contribution is 7.13. The zero-order chi connectivity index (χ0) is 21.2. The van der Waals surface area contributed by atoms with Gasteiger partial charge in [0.2, 0.25) is 11.9 Å². The second-order valence-corrected chi connectivity index (χ2v) is 8.84. The number of para-hydroxylation sites is 2. The van der Waals surface area contributed by atoms with E-state index >= 15 is 0 Å². The van der Waals surface area contributed by atoms with Crippen molar-refractivity contribution in [3.63, 3.8) is 0 Å². The Labute approximate surface area is 185 Å². The zero-order valence-electron chi connectivity index (χ0n) is 17.5. The molecule has 4 aromatic rings. The van der Waals surface area contributed by atoms with Crippen molar-refractivity contribution in [1.82, 2.24) is 19.9 Å². The van der Waals surface area contributed by atoms with Crippen molar-refractivity contribution in [3.8, 4) is 10.6 Å². The van der Waals surface area contributed by atoms with E-state index in [1.807, 2.05) is 34.5 Å². The summed E-state index contributed by atoms with van der Waals surface area (Å²) in [5.41, 5.74) is 5.20. The van der Waals surface area contributed by atoms with Crippen LogP contribution in [0.1, 0.15) is 17.7 Å². The number of fused-ring (bicyclic) bond motifs is 1. The molecule has 0 atom stereocenters. The zero-order valence-corrected chi connectivity index (χ0v) is 18.4. The maximum atomic E-state index is 12.9. The fourth-order valence-electron chi connectivity index (χ4n) is 3.95. The lowest BCUT2D eigenvalue weighted by molar-refractivity contribution is -0.130. The maximum Gasteiger partial charge on any atom is 0.228 e. The Balaban J connectivity index is 1.22. The molecule has 5 rings (SSSR count). The van der Waals surface area contributed by atoms with Crippen molar-refractivity contribution in [2.45, 2.75) is 19.8 Å². The van der Waals surface area contributed by atoms with Crippen molar-refractivity contribution in [1.29, 1.82) is 0 Å². The molecule has 0 bridgehead atoms. The number of imidazole rings is 1. The lowest BCUT2D eigenvalue weighted by atomic mass is 10.2. The number of aromatic nitrogens is 3. The summed E-state index contributed by atoms with van der Waals surface area (Å²) >= 11 is 1.60. The van der Waals surface area contributed by atoms with Crippen LogP contribution in [0.4, 0.5) is 5.95 Å². The van der Waals surface area contributed by atoms with Gasteiger partial charge in [-0.05, 0) is 25.5 Å². The normalized spacial score (nSPS) is 14.7. The van der Waals surface area contributed by atoms with Gasteiger partial charge >= 0.3 is 0 Å². The Morgan fingerprint density at radius 1 is 1.03 bits per heavy atom. The molecule has 1 aliphatic rings. The van der Waals surface area contributed by atoms with E-state index in [1.165, 1.54) is 5.56 Å². The number of thiazole rings is 1. The Kier molecular flexibility index (Phi) is 5.42. The van der Waals surface area contributed by atoms with Gasteiger partial charge in [0, 0.05) is 37.1 Å². The number of rotatable bonds is 4. The smallest absolute Gasteiger partial charge is 0.228 e. The van der Waals surface area contributed by atoms with Crippen LogP contribution in [-0.2, 0) is 11.2 Å². The monoisotopic (exact) mass is 431 g/mol. The number of carbonyl (C=O) groups is 1. The summed E-state index contributed by atoms with van der Waals surface area (Å²) in [4.78, 5) is 30.0. The first-order valence-corrected chi connectivity index (χ1v) is 11.5. The molecular weight excluding hydrogens is 406 g/mol. The number of nitrogens with zero attached hydrogens (tertiary/aromatic N) is 4. The van der Waals surface area contributed by atoms with Crippen LogP contribution < -0.4 is 4.90 Å². The number of nitrogens with one attached hydrogen (secondary N) is 1. The van der Waals surface area contributed by atoms with Crippen LogP contribution >= 0.6 is 11.3 Å². The van der Waals surface area contributed by atoms with Crippen LogP contribution in [0.2, 0.25) is 0 Å². The van der Waals surface area contributed by atoms with Gasteiger partial charge in [-0.2, -0.15) is 0 Å². The van der Waals surface area contributed by atoms with Crippen LogP contribution in [0.5, 0.6) is 0 Å². The largest absolute Gasteiger partial charge is 0.341 e. The van der Waals surface area contributed by atoms with Gasteiger partial charge in [0.25, 0.3) is 0 Å². The summed E-state index contributed by atoms with van der Waals surface area (Å²) in [6, 6.07) is 16.4. The van der Waals surface area contributed by atoms with Crippen molar-refractivity contribution in [3.05, 3.63) is 65.2 Å². The van der Waals surface area contributed by atoms with Gasteiger partial charge in [-0.3, -0.25) is 4.79 Å². The maximum absolute atomic E-state index is 12.9. The molecule has 6 nitrogen and oxygen atoms in total. The molecule has 158 valence electrons. The van der Waals surface area contributed by atoms with Gasteiger partial charge in [-0.1, -0.05) is 42.0 Å². The third-order valence-electron chi connectivity index (χ3n) is 5.71. The molecule has 1 saturated heterocycles. The molecule has 1 N–H and O–H groups in total. The number of anilines is 1. The molecule has 0 radical (unpaired) electrons. The van der Waals surface area contributed by atoms with Crippen molar-refractivity contribution in [2.75, 3.05) is 31.1 Å². The predicted octanol–water partition coefficient (Wildman–Crippen LogP) is 4.28. The van der Waals surface area contributed by atoms with Gasteiger partial charge < -0.3 is 14.8 Å². The first kappa shape index (κ1) is 19.8. The Morgan fingerprint density at radius 3 is 2.71 bits per heavy atom. The standard InChI is InChI=1S/C24H25N5OS/c1-17-7-9-18(10-8-17)23-25-19(16-31-23)15-22(30)28-11-4-12-29(14-13-28)24-26-20-5-2-3-6-21(20)27-24/h2-3,5-10,16H,4,11-15H2,1H3,(H,26,27). The fraction of sp³-hybridized carbons (Fsp3) is 0.292. The van der Waals surface area contributed by atoms with Gasteiger partial charge in [-0.25, -0.2) is 9.97 Å². The highest BCUT2D eigenvalue weighted by Crippen LogP contribution is 2.25. The van der Waals surface area contributed by atoms with E-state index in [4.69, 9.17) is 9.97 Å². The number of aromatic amines is 1. The molecular formula is C24H25N5OS. The number of benzene rings is 2. The number of hydrogen-bond donors (Lipinski definition) is 1. The second-order valence-electron chi connectivity index (χ2n) is 7.99. The molecule has 2 aromatic heterocycles. The quantitative estimate of drug-likeness (QED) is 0.524. The van der Waals surface area contributed by atoms with Crippen LogP contribution in [0.25, 0.3) is 21.6 Å². The third-order valence-corrected chi connectivity index (χ3v) is 6.65. The van der Waals surface area contributed by atoms with E-state index in [2.05, 4.69) is 41.1 Å². The topological polar surface area (TPSA) is 65.1 Å². The van der Waals surface area contributed by atoms with E-state index < -0.39 is 0 Å². The SMILES string of the molecule is Cc1ccc(-c2nc(CC(=O)N3CCCN(c4nc5ccccc5[nH]4)CC3)cs2)cc1. The summed E-state index contributed by atoms with van der Waals surface area (Å²) in [5, 5.41) is 2.97. The summed E-state index contributed by atoms with van der Waals surface area (Å²) in [7, 11) is 0. The van der Waals surface area contributed by atoms with Crippen LogP contribution in [0.3, 0.4) is 0 Å². The number of aryl methyl sites for hydroxylation is 1. The first-order chi connectivity index (χ1) is 15.2. The van der Waals surface area contributed by atoms with Crippen LogP contribution in [-0.4, -0.2) is 51.9 Å². The Morgan fingerprint density at radius 2 is 1.87 bits per heavy atom. The van der Waals surface area contributed by atoms with E-state index in [-0.39, 0.29) is 5.91 Å². The highest BCUT2D eigenvalue weighted by atomic mass is 32.1. The van der Waals surface area contributed by atoms with E-state index in [0.29, 0.717) is 13.0 Å². The Hall–Kier alpha value is -3.19. The van der Waals surface area contributed by atoms with Crippen LogP contribution in [0.15, 0.2) is 53.9 Å². The Bertz CT molecular complexity index is 1160. The molecule has 3 heterocycles. The van der Waals surface area contributed by atoms with Gasteiger partial charge in [0.15, 0.2) is 0 Å². The number of amides is 1. The van der Waals surface area contributed by atoms with Gasteiger partial charge in [-0.15, -0.1) is 11.3 Å². The fourth-order valence-corrected chi connectivity index (χ4v) is 4.78.